The summed E-state index contributed by atoms with van der Waals surface area (Å²) in [6, 6.07) is -0.993. The Morgan fingerprint density at radius 2 is 1.90 bits per heavy atom. The normalized spacial score (nSPS) is 31.5. The summed E-state index contributed by atoms with van der Waals surface area (Å²) in [6.07, 6.45) is 2.18. The number of rotatable bonds is 2. The smallest absolute Gasteiger partial charge is 0.315 e. The van der Waals surface area contributed by atoms with Crippen LogP contribution in [0.3, 0.4) is 0 Å². The molecule has 3 atom stereocenters. The molecule has 116 valence electrons. The van der Waals surface area contributed by atoms with E-state index in [1.165, 1.54) is 0 Å². The first kappa shape index (κ1) is 14.2. The van der Waals surface area contributed by atoms with Gasteiger partial charge in [-0.1, -0.05) is 0 Å². The maximum atomic E-state index is 12.4. The number of urea groups is 1. The van der Waals surface area contributed by atoms with Gasteiger partial charge in [-0.15, -0.1) is 0 Å². The summed E-state index contributed by atoms with van der Waals surface area (Å²) in [5.74, 6) is 0.0938. The van der Waals surface area contributed by atoms with Crippen molar-refractivity contribution in [2.45, 2.75) is 57.3 Å². The molecule has 4 amide bonds. The van der Waals surface area contributed by atoms with Crippen LogP contribution in [0.25, 0.3) is 0 Å². The van der Waals surface area contributed by atoms with E-state index in [2.05, 4.69) is 10.6 Å². The van der Waals surface area contributed by atoms with E-state index >= 15 is 0 Å². The summed E-state index contributed by atoms with van der Waals surface area (Å²) < 4.78 is 0. The first-order valence-electron chi connectivity index (χ1n) is 7.65. The lowest BCUT2D eigenvalue weighted by atomic mass is 10.1. The molecule has 3 rings (SSSR count). The zero-order valence-corrected chi connectivity index (χ0v) is 12.5. The van der Waals surface area contributed by atoms with Gasteiger partial charge in [0.25, 0.3) is 0 Å². The zero-order valence-electron chi connectivity index (χ0n) is 12.5. The molecular weight excluding hydrogens is 272 g/mol. The molecule has 0 aromatic rings. The second-order valence-electron chi connectivity index (χ2n) is 6.40. The first-order valence-corrected chi connectivity index (χ1v) is 7.65. The van der Waals surface area contributed by atoms with Gasteiger partial charge in [-0.2, -0.15) is 0 Å². The van der Waals surface area contributed by atoms with Crippen molar-refractivity contribution in [1.82, 2.24) is 20.4 Å². The Morgan fingerprint density at radius 1 is 1.19 bits per heavy atom. The fourth-order valence-electron chi connectivity index (χ4n) is 3.58. The number of hydrogen-bond acceptors (Lipinski definition) is 3. The zero-order chi connectivity index (χ0) is 15.1. The summed E-state index contributed by atoms with van der Waals surface area (Å²) in [7, 11) is 0. The number of nitrogens with zero attached hydrogens (tertiary/aromatic N) is 2. The van der Waals surface area contributed by atoms with Gasteiger partial charge < -0.3 is 20.4 Å². The van der Waals surface area contributed by atoms with Crippen LogP contribution in [0, 0.1) is 0 Å². The summed E-state index contributed by atoms with van der Waals surface area (Å²) in [4.78, 5) is 40.0. The minimum Gasteiger partial charge on any atom is -0.336 e. The van der Waals surface area contributed by atoms with Crippen LogP contribution in [0.15, 0.2) is 0 Å². The summed E-state index contributed by atoms with van der Waals surface area (Å²) in [6.45, 7) is 4.90. The van der Waals surface area contributed by atoms with Crippen molar-refractivity contribution in [2.24, 2.45) is 0 Å². The number of amides is 4. The van der Waals surface area contributed by atoms with E-state index in [0.717, 1.165) is 12.8 Å². The van der Waals surface area contributed by atoms with E-state index in [9.17, 15) is 14.4 Å². The minimum absolute atomic E-state index is 0.0469. The summed E-state index contributed by atoms with van der Waals surface area (Å²) >= 11 is 0. The monoisotopic (exact) mass is 294 g/mol. The highest BCUT2D eigenvalue weighted by Gasteiger charge is 2.51. The standard InChI is InChI=1S/C14H22N4O3/c1-8(2)15-14(21)16-9-6-11-13(20)17-5-3-4-10(17)12(19)18(11)7-9/h8-11H,3-7H2,1-2H3,(H2,15,16,21)/t9-,10+,11-/m0/s1. The molecule has 2 N–H and O–H groups in total. The molecular formula is C14H22N4O3. The maximum absolute atomic E-state index is 12.4. The summed E-state index contributed by atoms with van der Waals surface area (Å²) in [5, 5.41) is 5.62. The van der Waals surface area contributed by atoms with Crippen molar-refractivity contribution < 1.29 is 14.4 Å². The van der Waals surface area contributed by atoms with Crippen molar-refractivity contribution >= 4 is 17.8 Å². The number of fused-ring (bicyclic) bond motifs is 2. The Kier molecular flexibility index (Phi) is 3.51. The van der Waals surface area contributed by atoms with Gasteiger partial charge in [0.05, 0.1) is 6.04 Å². The van der Waals surface area contributed by atoms with E-state index in [-0.39, 0.29) is 36.0 Å². The molecule has 0 radical (unpaired) electrons. The van der Waals surface area contributed by atoms with Gasteiger partial charge >= 0.3 is 6.03 Å². The summed E-state index contributed by atoms with van der Waals surface area (Å²) in [5.41, 5.74) is 0. The van der Waals surface area contributed by atoms with Gasteiger partial charge in [-0.3, -0.25) is 9.59 Å². The lowest BCUT2D eigenvalue weighted by Gasteiger charge is -2.38. The van der Waals surface area contributed by atoms with Crippen molar-refractivity contribution in [3.8, 4) is 0 Å². The van der Waals surface area contributed by atoms with Crippen LogP contribution >= 0.6 is 0 Å². The second kappa shape index (κ2) is 5.20. The van der Waals surface area contributed by atoms with E-state index in [0.29, 0.717) is 19.5 Å². The Labute approximate surface area is 124 Å². The Hall–Kier alpha value is -1.79. The molecule has 7 heteroatoms. The van der Waals surface area contributed by atoms with Crippen LogP contribution in [0.2, 0.25) is 0 Å². The molecule has 3 fully saturated rings. The molecule has 0 aliphatic carbocycles. The first-order chi connectivity index (χ1) is 9.97. The second-order valence-corrected chi connectivity index (χ2v) is 6.40. The topological polar surface area (TPSA) is 81.8 Å². The molecule has 0 aromatic heterocycles. The molecule has 0 unspecified atom stereocenters. The van der Waals surface area contributed by atoms with Crippen LogP contribution < -0.4 is 10.6 Å². The van der Waals surface area contributed by atoms with Crippen LogP contribution in [-0.4, -0.2) is 64.9 Å². The molecule has 3 aliphatic rings. The van der Waals surface area contributed by atoms with Crippen LogP contribution in [0.4, 0.5) is 4.79 Å². The molecule has 0 aromatic carbocycles. The van der Waals surface area contributed by atoms with Crippen molar-refractivity contribution in [3.05, 3.63) is 0 Å². The Morgan fingerprint density at radius 3 is 2.62 bits per heavy atom. The van der Waals surface area contributed by atoms with E-state index in [1.54, 1.807) is 9.80 Å². The average Bonchev–Trinajstić information content (AvgIpc) is 3.01. The van der Waals surface area contributed by atoms with E-state index < -0.39 is 6.04 Å². The van der Waals surface area contributed by atoms with Crippen molar-refractivity contribution in [2.75, 3.05) is 13.1 Å². The number of hydrogen-bond donors (Lipinski definition) is 2. The number of piperazine rings is 1. The third-order valence-electron chi connectivity index (χ3n) is 4.45. The largest absolute Gasteiger partial charge is 0.336 e. The van der Waals surface area contributed by atoms with Crippen molar-refractivity contribution in [1.29, 1.82) is 0 Å². The van der Waals surface area contributed by atoms with Gasteiger partial charge in [0.15, 0.2) is 0 Å². The SMILES string of the molecule is CC(C)NC(=O)N[C@H]1C[C@H]2C(=O)N3CCC[C@@H]3C(=O)N2C1. The molecule has 3 saturated heterocycles. The number of nitrogens with one attached hydrogen (secondary N) is 2. The van der Waals surface area contributed by atoms with Gasteiger partial charge in [0, 0.05) is 19.1 Å². The number of carbonyl (C=O) groups excluding carboxylic acids is 3. The Balaban J connectivity index is 1.66. The van der Waals surface area contributed by atoms with Crippen LogP contribution in [-0.2, 0) is 9.59 Å². The van der Waals surface area contributed by atoms with Gasteiger partial charge in [0.1, 0.15) is 12.1 Å². The molecule has 0 saturated carbocycles. The molecule has 7 nitrogen and oxygen atoms in total. The molecule has 21 heavy (non-hydrogen) atoms. The van der Waals surface area contributed by atoms with E-state index in [1.807, 2.05) is 13.8 Å². The third-order valence-corrected chi connectivity index (χ3v) is 4.45. The minimum atomic E-state index is -0.392. The van der Waals surface area contributed by atoms with Gasteiger partial charge in [-0.05, 0) is 33.1 Å². The van der Waals surface area contributed by atoms with Crippen LogP contribution in [0.1, 0.15) is 33.1 Å². The fourth-order valence-corrected chi connectivity index (χ4v) is 3.58. The highest BCUT2D eigenvalue weighted by molar-refractivity contribution is 5.98. The quantitative estimate of drug-likeness (QED) is 0.731. The molecule has 3 heterocycles. The van der Waals surface area contributed by atoms with Gasteiger partial charge in [-0.25, -0.2) is 4.79 Å². The highest BCUT2D eigenvalue weighted by Crippen LogP contribution is 2.32. The highest BCUT2D eigenvalue weighted by atomic mass is 16.2. The third kappa shape index (κ3) is 2.45. The molecule has 0 spiro atoms. The Bertz CT molecular complexity index is 449. The predicted octanol–water partition coefficient (Wildman–Crippen LogP) is -0.332. The number of carbonyl (C=O) groups is 3. The molecule has 3 aliphatic heterocycles. The fraction of sp³-hybridized carbons (Fsp3) is 0.786. The van der Waals surface area contributed by atoms with Gasteiger partial charge in [0.2, 0.25) is 11.8 Å². The van der Waals surface area contributed by atoms with Crippen LogP contribution in [0.5, 0.6) is 0 Å². The predicted molar refractivity (Wildman–Crippen MR) is 75.4 cm³/mol. The average molecular weight is 294 g/mol. The van der Waals surface area contributed by atoms with Crippen molar-refractivity contribution in [3.63, 3.8) is 0 Å². The lowest BCUT2D eigenvalue weighted by Crippen LogP contribution is -2.60. The maximum Gasteiger partial charge on any atom is 0.315 e. The van der Waals surface area contributed by atoms with E-state index in [4.69, 9.17) is 0 Å². The molecule has 0 bridgehead atoms. The lowest BCUT2D eigenvalue weighted by molar-refractivity contribution is -0.156.